The van der Waals surface area contributed by atoms with Crippen LogP contribution in [0.4, 0.5) is 0 Å². The minimum atomic E-state index is -0.0708. The van der Waals surface area contributed by atoms with E-state index in [0.29, 0.717) is 0 Å². The molecule has 0 spiro atoms. The Bertz CT molecular complexity index is 916. The molecule has 0 aliphatic carbocycles. The summed E-state index contributed by atoms with van der Waals surface area (Å²) in [6, 6.07) is 12.7. The van der Waals surface area contributed by atoms with Crippen LogP contribution >= 0.6 is 0 Å². The minimum Gasteiger partial charge on any atom is -0.633 e. The molecule has 0 amide bonds. The largest absolute Gasteiger partial charge is 0.633 e. The number of rotatable bonds is 3. The summed E-state index contributed by atoms with van der Waals surface area (Å²) >= 11 is 0. The number of pyridine rings is 1. The fourth-order valence-corrected chi connectivity index (χ4v) is 4.68. The Hall–Kier alpha value is -2.37. The minimum absolute atomic E-state index is 0.0708. The van der Waals surface area contributed by atoms with Crippen LogP contribution in [0.3, 0.4) is 0 Å². The number of nitrogens with zero attached hydrogens (tertiary/aromatic N) is 2. The topological polar surface area (TPSA) is 61.0 Å². The van der Waals surface area contributed by atoms with Gasteiger partial charge in [-0.05, 0) is 30.3 Å². The van der Waals surface area contributed by atoms with Gasteiger partial charge in [0.25, 0.3) is 0 Å². The number of quaternary nitrogens is 1. The summed E-state index contributed by atoms with van der Waals surface area (Å²) in [5, 5.41) is 13.8. The molecule has 2 bridgehead atoms. The van der Waals surface area contributed by atoms with E-state index in [1.54, 1.807) is 6.20 Å². The number of hydrogen-bond acceptors (Lipinski definition) is 3. The lowest BCUT2D eigenvalue weighted by Crippen LogP contribution is -2.55. The highest BCUT2D eigenvalue weighted by Gasteiger charge is 2.47. The maximum Gasteiger partial charge on any atom is 0.138 e. The average Bonchev–Trinajstić information content (AvgIpc) is 3.12. The van der Waals surface area contributed by atoms with E-state index in [-0.39, 0.29) is 22.8 Å². The number of fused-ring (bicyclic) bond motifs is 3. The second kappa shape index (κ2) is 5.83. The van der Waals surface area contributed by atoms with Crippen molar-refractivity contribution in [2.75, 3.05) is 7.05 Å². The molecule has 3 unspecified atom stereocenters. The van der Waals surface area contributed by atoms with Crippen LogP contribution in [0.25, 0.3) is 22.2 Å². The molecule has 5 rings (SSSR count). The first-order chi connectivity index (χ1) is 12.6. The lowest BCUT2D eigenvalue weighted by Gasteiger charge is -2.50. The lowest BCUT2D eigenvalue weighted by molar-refractivity contribution is -0.903. The van der Waals surface area contributed by atoms with Crippen LogP contribution in [0.1, 0.15) is 25.7 Å². The highest BCUT2D eigenvalue weighted by molar-refractivity contribution is 5.84. The lowest BCUT2D eigenvalue weighted by atomic mass is 10.00. The van der Waals surface area contributed by atoms with Crippen molar-refractivity contribution >= 4 is 10.9 Å². The molecular weight excluding hydrogens is 326 g/mol. The number of nitrogens with one attached hydrogen (secondary N) is 1. The highest BCUT2D eigenvalue weighted by atomic mass is 16.6. The SMILES string of the molecule is C[N+]1([O-])C2CC[C@H]1CC(Oc1ccc(-c3ccc4[nH]ccc4c3)nc1)C2. The highest BCUT2D eigenvalue weighted by Crippen LogP contribution is 2.41. The molecule has 4 heterocycles. The Balaban J connectivity index is 1.31. The van der Waals surface area contributed by atoms with Crippen molar-refractivity contribution in [2.45, 2.75) is 43.9 Å². The van der Waals surface area contributed by atoms with E-state index in [4.69, 9.17) is 4.74 Å². The summed E-state index contributed by atoms with van der Waals surface area (Å²) in [6.07, 6.45) is 7.65. The molecule has 1 N–H and O–H groups in total. The molecule has 2 fully saturated rings. The van der Waals surface area contributed by atoms with Crippen molar-refractivity contribution in [3.05, 3.63) is 54.0 Å². The van der Waals surface area contributed by atoms with Crippen molar-refractivity contribution in [2.24, 2.45) is 0 Å². The van der Waals surface area contributed by atoms with Crippen molar-refractivity contribution in [1.82, 2.24) is 9.97 Å². The Morgan fingerprint density at radius 2 is 1.92 bits per heavy atom. The standard InChI is InChI=1S/C21H23N3O2/c1-24(25)16-3-4-17(24)12-19(11-16)26-18-5-7-21(23-13-18)14-2-6-20-15(10-14)8-9-22-20/h2,5-10,13,16-17,19,22H,3-4,11-12H2,1H3/t16-,17?,19?,24?/m0/s1. The quantitative estimate of drug-likeness (QED) is 0.568. The Morgan fingerprint density at radius 1 is 1.12 bits per heavy atom. The molecule has 5 heteroatoms. The predicted octanol–water partition coefficient (Wildman–Crippen LogP) is 4.25. The number of aromatic nitrogens is 2. The van der Waals surface area contributed by atoms with E-state index in [0.717, 1.165) is 48.2 Å². The molecule has 134 valence electrons. The van der Waals surface area contributed by atoms with Crippen LogP contribution in [0.15, 0.2) is 48.8 Å². The van der Waals surface area contributed by atoms with E-state index in [1.165, 1.54) is 5.39 Å². The van der Waals surface area contributed by atoms with E-state index >= 15 is 0 Å². The van der Waals surface area contributed by atoms with Crippen molar-refractivity contribution in [3.8, 4) is 17.0 Å². The van der Waals surface area contributed by atoms with E-state index in [1.807, 2.05) is 25.4 Å². The molecular formula is C21H23N3O2. The molecule has 0 radical (unpaired) electrons. The zero-order valence-electron chi connectivity index (χ0n) is 14.9. The first-order valence-electron chi connectivity index (χ1n) is 9.37. The average molecular weight is 349 g/mol. The molecule has 3 aromatic rings. The normalized spacial score (nSPS) is 30.6. The van der Waals surface area contributed by atoms with Gasteiger partial charge in [-0.1, -0.05) is 6.07 Å². The molecule has 26 heavy (non-hydrogen) atoms. The summed E-state index contributed by atoms with van der Waals surface area (Å²) < 4.78 is 6.09. The fraction of sp³-hybridized carbons (Fsp3) is 0.381. The molecule has 1 aromatic carbocycles. The van der Waals surface area contributed by atoms with Gasteiger partial charge in [0.2, 0.25) is 0 Å². The van der Waals surface area contributed by atoms with Crippen molar-refractivity contribution < 1.29 is 9.38 Å². The Kier molecular flexibility index (Phi) is 3.55. The summed E-state index contributed by atoms with van der Waals surface area (Å²) in [7, 11) is 1.83. The van der Waals surface area contributed by atoms with Gasteiger partial charge in [-0.15, -0.1) is 0 Å². The van der Waals surface area contributed by atoms with Crippen LogP contribution in [0.5, 0.6) is 5.75 Å². The van der Waals surface area contributed by atoms with E-state index < -0.39 is 0 Å². The van der Waals surface area contributed by atoms with Gasteiger partial charge in [0.1, 0.15) is 11.9 Å². The molecule has 0 saturated carbocycles. The number of H-pyrrole nitrogens is 1. The van der Waals surface area contributed by atoms with Gasteiger partial charge < -0.3 is 19.6 Å². The summed E-state index contributed by atoms with van der Waals surface area (Å²) in [5.74, 6) is 0.794. The molecule has 4 atom stereocenters. The third-order valence-corrected chi connectivity index (χ3v) is 6.24. The zero-order valence-corrected chi connectivity index (χ0v) is 14.9. The molecule has 5 nitrogen and oxygen atoms in total. The fourth-order valence-electron chi connectivity index (χ4n) is 4.68. The predicted molar refractivity (Wildman–Crippen MR) is 102 cm³/mol. The van der Waals surface area contributed by atoms with Gasteiger partial charge in [-0.2, -0.15) is 0 Å². The van der Waals surface area contributed by atoms with Crippen LogP contribution in [-0.4, -0.2) is 39.8 Å². The second-order valence-electron chi connectivity index (χ2n) is 7.81. The summed E-state index contributed by atoms with van der Waals surface area (Å²) in [5.41, 5.74) is 3.16. The second-order valence-corrected chi connectivity index (χ2v) is 7.81. The first-order valence-corrected chi connectivity index (χ1v) is 9.37. The van der Waals surface area contributed by atoms with Gasteiger partial charge in [0.05, 0.1) is 31.0 Å². The van der Waals surface area contributed by atoms with Gasteiger partial charge in [0.15, 0.2) is 0 Å². The Labute approximate surface area is 152 Å². The molecule has 2 aromatic heterocycles. The number of ether oxygens (including phenoxy) is 1. The number of hydroxylamine groups is 3. The van der Waals surface area contributed by atoms with Crippen LogP contribution in [0, 0.1) is 5.21 Å². The van der Waals surface area contributed by atoms with Gasteiger partial charge in [0, 0.05) is 48.3 Å². The van der Waals surface area contributed by atoms with Crippen LogP contribution in [0.2, 0.25) is 0 Å². The maximum atomic E-state index is 12.6. The van der Waals surface area contributed by atoms with Crippen LogP contribution < -0.4 is 4.74 Å². The van der Waals surface area contributed by atoms with Gasteiger partial charge >= 0.3 is 0 Å². The summed E-state index contributed by atoms with van der Waals surface area (Å²) in [4.78, 5) is 7.79. The van der Waals surface area contributed by atoms with Gasteiger partial charge in [-0.25, -0.2) is 0 Å². The monoisotopic (exact) mass is 349 g/mol. The van der Waals surface area contributed by atoms with Gasteiger partial charge in [-0.3, -0.25) is 4.98 Å². The number of aromatic amines is 1. The zero-order chi connectivity index (χ0) is 17.7. The van der Waals surface area contributed by atoms with E-state index in [2.05, 4.69) is 34.2 Å². The molecule has 2 aliphatic rings. The number of hydrogen-bond donors (Lipinski definition) is 1. The Morgan fingerprint density at radius 3 is 2.65 bits per heavy atom. The third kappa shape index (κ3) is 2.59. The smallest absolute Gasteiger partial charge is 0.138 e. The summed E-state index contributed by atoms with van der Waals surface area (Å²) in [6.45, 7) is 0. The molecule has 2 saturated heterocycles. The van der Waals surface area contributed by atoms with E-state index in [9.17, 15) is 5.21 Å². The third-order valence-electron chi connectivity index (χ3n) is 6.24. The first kappa shape index (κ1) is 15.9. The van der Waals surface area contributed by atoms with Crippen LogP contribution in [-0.2, 0) is 0 Å². The number of benzene rings is 1. The molecule has 2 aliphatic heterocycles. The van der Waals surface area contributed by atoms with Crippen molar-refractivity contribution in [1.29, 1.82) is 0 Å². The maximum absolute atomic E-state index is 12.6. The number of piperidine rings is 1. The van der Waals surface area contributed by atoms with Crippen molar-refractivity contribution in [3.63, 3.8) is 0 Å².